The van der Waals surface area contributed by atoms with Gasteiger partial charge in [-0.25, -0.2) is 4.79 Å². The zero-order chi connectivity index (χ0) is 19.2. The van der Waals surface area contributed by atoms with Crippen LogP contribution in [-0.2, 0) is 20.3 Å². The maximum atomic E-state index is 12.3. The molecular weight excluding hydrogens is 370 g/mol. The molecule has 1 heterocycles. The van der Waals surface area contributed by atoms with E-state index in [0.29, 0.717) is 41.0 Å². The van der Waals surface area contributed by atoms with Crippen LogP contribution >= 0.6 is 0 Å². The monoisotopic (exact) mass is 389 g/mol. The molecule has 0 radical (unpaired) electrons. The van der Waals surface area contributed by atoms with Crippen LogP contribution in [0.15, 0.2) is 47.4 Å². The van der Waals surface area contributed by atoms with Crippen LogP contribution in [0.4, 0.5) is 5.69 Å². The lowest BCUT2D eigenvalue weighted by atomic mass is 10.2. The molecule has 8 heteroatoms. The summed E-state index contributed by atoms with van der Waals surface area (Å²) in [4.78, 5) is 24.7. The van der Waals surface area contributed by atoms with Gasteiger partial charge >= 0.3 is 5.97 Å². The number of carbonyl (C=O) groups is 2. The van der Waals surface area contributed by atoms with E-state index in [4.69, 9.17) is 14.2 Å². The van der Waals surface area contributed by atoms with Crippen LogP contribution in [0.2, 0.25) is 0 Å². The number of esters is 1. The SMILES string of the molecule is CC[S@@](=O)c1ccccc1C(=O)OCC(=O)Nc1ccc2c(c1)OCCO2. The van der Waals surface area contributed by atoms with Crippen molar-refractivity contribution in [3.05, 3.63) is 48.0 Å². The Morgan fingerprint density at radius 2 is 1.85 bits per heavy atom. The molecule has 3 rings (SSSR count). The number of nitrogens with one attached hydrogen (secondary N) is 1. The minimum absolute atomic E-state index is 0.199. The predicted molar refractivity (Wildman–Crippen MR) is 99.7 cm³/mol. The normalized spacial score (nSPS) is 13.5. The lowest BCUT2D eigenvalue weighted by molar-refractivity contribution is -0.119. The number of hydrogen-bond acceptors (Lipinski definition) is 6. The van der Waals surface area contributed by atoms with Crippen molar-refractivity contribution in [3.8, 4) is 11.5 Å². The molecule has 0 saturated heterocycles. The Balaban J connectivity index is 1.60. The van der Waals surface area contributed by atoms with Crippen LogP contribution in [0.3, 0.4) is 0 Å². The van der Waals surface area contributed by atoms with Crippen LogP contribution in [0, 0.1) is 0 Å². The van der Waals surface area contributed by atoms with E-state index >= 15 is 0 Å². The van der Waals surface area contributed by atoms with Crippen molar-refractivity contribution >= 4 is 28.4 Å². The maximum Gasteiger partial charge on any atom is 0.339 e. The molecule has 2 aromatic carbocycles. The largest absolute Gasteiger partial charge is 0.486 e. The van der Waals surface area contributed by atoms with Gasteiger partial charge in [0.25, 0.3) is 5.91 Å². The van der Waals surface area contributed by atoms with Gasteiger partial charge in [0.15, 0.2) is 18.1 Å². The molecule has 1 atom stereocenters. The molecule has 0 aliphatic carbocycles. The van der Waals surface area contributed by atoms with E-state index in [2.05, 4.69) is 5.32 Å². The van der Waals surface area contributed by atoms with E-state index in [-0.39, 0.29) is 5.56 Å². The number of hydrogen-bond donors (Lipinski definition) is 1. The van der Waals surface area contributed by atoms with Gasteiger partial charge < -0.3 is 19.5 Å². The quantitative estimate of drug-likeness (QED) is 0.763. The van der Waals surface area contributed by atoms with E-state index < -0.39 is 29.3 Å². The second-order valence-corrected chi connectivity index (χ2v) is 7.32. The average molecular weight is 389 g/mol. The number of carbonyl (C=O) groups excluding carboxylic acids is 2. The highest BCUT2D eigenvalue weighted by Crippen LogP contribution is 2.32. The minimum Gasteiger partial charge on any atom is -0.486 e. The van der Waals surface area contributed by atoms with Gasteiger partial charge in [-0.3, -0.25) is 9.00 Å². The molecular formula is C19H19NO6S. The Morgan fingerprint density at radius 1 is 1.11 bits per heavy atom. The standard InChI is InChI=1S/C19H19NO6S/c1-2-27(23)17-6-4-3-5-14(17)19(22)26-12-18(21)20-13-7-8-15-16(11-13)25-10-9-24-15/h3-8,11H,2,9-10,12H2,1H3,(H,20,21)/t27-/m1/s1. The first-order valence-corrected chi connectivity index (χ1v) is 9.74. The van der Waals surface area contributed by atoms with Gasteiger partial charge in [0.05, 0.1) is 21.3 Å². The summed E-state index contributed by atoms with van der Waals surface area (Å²) in [5.74, 6) is 0.367. The number of rotatable bonds is 6. The molecule has 0 unspecified atom stereocenters. The molecule has 7 nitrogen and oxygen atoms in total. The average Bonchev–Trinajstić information content (AvgIpc) is 2.71. The molecule has 0 saturated carbocycles. The topological polar surface area (TPSA) is 90.9 Å². The van der Waals surface area contributed by atoms with Gasteiger partial charge in [-0.05, 0) is 24.3 Å². The van der Waals surface area contributed by atoms with Crippen LogP contribution in [0.5, 0.6) is 11.5 Å². The maximum absolute atomic E-state index is 12.3. The molecule has 0 spiro atoms. The van der Waals surface area contributed by atoms with Crippen LogP contribution in [0.25, 0.3) is 0 Å². The van der Waals surface area contributed by atoms with E-state index in [0.717, 1.165) is 0 Å². The van der Waals surface area contributed by atoms with Gasteiger partial charge in [-0.2, -0.15) is 0 Å². The van der Waals surface area contributed by atoms with Gasteiger partial charge in [0.1, 0.15) is 13.2 Å². The summed E-state index contributed by atoms with van der Waals surface area (Å²) in [6, 6.07) is 11.5. The lowest BCUT2D eigenvalue weighted by Crippen LogP contribution is -2.22. The van der Waals surface area contributed by atoms with Gasteiger partial charge in [0.2, 0.25) is 0 Å². The number of fused-ring (bicyclic) bond motifs is 1. The molecule has 0 bridgehead atoms. The highest BCUT2D eigenvalue weighted by molar-refractivity contribution is 7.85. The summed E-state index contributed by atoms with van der Waals surface area (Å²) in [6.45, 7) is 2.24. The van der Waals surface area contributed by atoms with Crippen molar-refractivity contribution in [1.29, 1.82) is 0 Å². The summed E-state index contributed by atoms with van der Waals surface area (Å²) in [5.41, 5.74) is 0.706. The fourth-order valence-electron chi connectivity index (χ4n) is 2.52. The highest BCUT2D eigenvalue weighted by Gasteiger charge is 2.18. The van der Waals surface area contributed by atoms with Crippen molar-refractivity contribution < 1.29 is 28.0 Å². The third-order valence-electron chi connectivity index (χ3n) is 3.77. The zero-order valence-corrected chi connectivity index (χ0v) is 15.5. The molecule has 0 fully saturated rings. The molecule has 2 aromatic rings. The first-order valence-electron chi connectivity index (χ1n) is 8.42. The van der Waals surface area contributed by atoms with E-state index in [1.165, 1.54) is 6.07 Å². The molecule has 27 heavy (non-hydrogen) atoms. The summed E-state index contributed by atoms with van der Waals surface area (Å²) in [6.07, 6.45) is 0. The van der Waals surface area contributed by atoms with Crippen molar-refractivity contribution in [2.75, 3.05) is 30.9 Å². The third kappa shape index (κ3) is 4.65. The fraction of sp³-hybridized carbons (Fsp3) is 0.263. The minimum atomic E-state index is -1.30. The Kier molecular flexibility index (Phi) is 6.08. The molecule has 142 valence electrons. The number of benzene rings is 2. The zero-order valence-electron chi connectivity index (χ0n) is 14.7. The van der Waals surface area contributed by atoms with E-state index in [1.807, 2.05) is 0 Å². The molecule has 1 amide bonds. The Hall–Kier alpha value is -2.87. The number of anilines is 1. The predicted octanol–water partition coefficient (Wildman–Crippen LogP) is 2.38. The smallest absolute Gasteiger partial charge is 0.339 e. The number of ether oxygens (including phenoxy) is 3. The van der Waals surface area contributed by atoms with Crippen LogP contribution in [0.1, 0.15) is 17.3 Å². The Morgan fingerprint density at radius 3 is 2.63 bits per heavy atom. The van der Waals surface area contributed by atoms with Crippen LogP contribution < -0.4 is 14.8 Å². The van der Waals surface area contributed by atoms with E-state index in [9.17, 15) is 13.8 Å². The van der Waals surface area contributed by atoms with Gasteiger partial charge in [-0.1, -0.05) is 19.1 Å². The van der Waals surface area contributed by atoms with Crippen molar-refractivity contribution in [2.45, 2.75) is 11.8 Å². The summed E-state index contributed by atoms with van der Waals surface area (Å²) < 4.78 is 28.0. The molecule has 1 aliphatic rings. The summed E-state index contributed by atoms with van der Waals surface area (Å²) in [7, 11) is -1.30. The highest BCUT2D eigenvalue weighted by atomic mass is 32.2. The molecule has 1 aliphatic heterocycles. The number of amides is 1. The second kappa shape index (κ2) is 8.68. The molecule has 1 N–H and O–H groups in total. The van der Waals surface area contributed by atoms with Crippen molar-refractivity contribution in [2.24, 2.45) is 0 Å². The van der Waals surface area contributed by atoms with Crippen molar-refractivity contribution in [1.82, 2.24) is 0 Å². The Labute approximate surface area is 159 Å². The Bertz CT molecular complexity index is 882. The van der Waals surface area contributed by atoms with Crippen molar-refractivity contribution in [3.63, 3.8) is 0 Å². The first-order chi connectivity index (χ1) is 13.1. The second-order valence-electron chi connectivity index (χ2n) is 5.61. The first kappa shape index (κ1) is 18.9. The fourth-order valence-corrected chi connectivity index (χ4v) is 3.45. The van der Waals surface area contributed by atoms with Crippen LogP contribution in [-0.4, -0.2) is 41.7 Å². The van der Waals surface area contributed by atoms with E-state index in [1.54, 1.807) is 43.3 Å². The van der Waals surface area contributed by atoms with Gasteiger partial charge in [-0.15, -0.1) is 0 Å². The summed E-state index contributed by atoms with van der Waals surface area (Å²) >= 11 is 0. The molecule has 0 aromatic heterocycles. The third-order valence-corrected chi connectivity index (χ3v) is 5.15. The lowest BCUT2D eigenvalue weighted by Gasteiger charge is -2.19. The summed E-state index contributed by atoms with van der Waals surface area (Å²) in [5, 5.41) is 2.64. The van der Waals surface area contributed by atoms with Gasteiger partial charge in [0, 0.05) is 17.5 Å².